The van der Waals surface area contributed by atoms with E-state index in [-0.39, 0.29) is 5.78 Å². The highest BCUT2D eigenvalue weighted by Crippen LogP contribution is 2.24. The van der Waals surface area contributed by atoms with Gasteiger partial charge in [0, 0.05) is 29.4 Å². The van der Waals surface area contributed by atoms with E-state index in [1.807, 2.05) is 19.1 Å². The molecule has 3 aromatic heterocycles. The van der Waals surface area contributed by atoms with Crippen molar-refractivity contribution in [2.45, 2.75) is 26.7 Å². The van der Waals surface area contributed by atoms with Gasteiger partial charge in [-0.25, -0.2) is 4.98 Å². The zero-order valence-corrected chi connectivity index (χ0v) is 14.8. The van der Waals surface area contributed by atoms with E-state index in [1.54, 1.807) is 6.20 Å². The van der Waals surface area contributed by atoms with Crippen molar-refractivity contribution in [3.8, 4) is 11.3 Å². The van der Waals surface area contributed by atoms with Crippen LogP contribution in [0.15, 0.2) is 48.7 Å². The molecule has 0 aliphatic heterocycles. The fraction of sp³-hybridized carbons (Fsp3) is 0.190. The molecule has 0 spiro atoms. The van der Waals surface area contributed by atoms with E-state index in [2.05, 4.69) is 57.4 Å². The van der Waals surface area contributed by atoms with Gasteiger partial charge in [0.2, 0.25) is 0 Å². The van der Waals surface area contributed by atoms with Crippen molar-refractivity contribution in [2.24, 2.45) is 0 Å². The number of carbonyl (C=O) groups is 1. The fourth-order valence-electron chi connectivity index (χ4n) is 3.01. The van der Waals surface area contributed by atoms with Crippen LogP contribution < -0.4 is 0 Å². The van der Waals surface area contributed by atoms with Crippen LogP contribution >= 0.6 is 0 Å². The maximum Gasteiger partial charge on any atom is 0.187 e. The first-order valence-corrected chi connectivity index (χ1v) is 8.74. The van der Waals surface area contributed by atoms with Crippen molar-refractivity contribution in [3.63, 3.8) is 0 Å². The van der Waals surface area contributed by atoms with Gasteiger partial charge in [-0.1, -0.05) is 36.8 Å². The van der Waals surface area contributed by atoms with Gasteiger partial charge in [-0.15, -0.1) is 0 Å². The first kappa shape index (κ1) is 16.3. The van der Waals surface area contributed by atoms with Crippen molar-refractivity contribution in [2.75, 3.05) is 0 Å². The van der Waals surface area contributed by atoms with Crippen LogP contribution in [0.4, 0.5) is 0 Å². The molecule has 130 valence electrons. The summed E-state index contributed by atoms with van der Waals surface area (Å²) in [6, 6.07) is 14.3. The Bertz CT molecular complexity index is 1070. The third-order valence-corrected chi connectivity index (χ3v) is 4.55. The Morgan fingerprint density at radius 3 is 2.65 bits per heavy atom. The smallest absolute Gasteiger partial charge is 0.187 e. The van der Waals surface area contributed by atoms with Crippen molar-refractivity contribution < 1.29 is 4.79 Å². The topological polar surface area (TPSA) is 74.4 Å². The predicted octanol–water partition coefficient (Wildman–Crippen LogP) is 4.25. The van der Waals surface area contributed by atoms with E-state index < -0.39 is 0 Å². The normalized spacial score (nSPS) is 11.2. The van der Waals surface area contributed by atoms with Crippen LogP contribution in [0.3, 0.4) is 0 Å². The number of pyridine rings is 1. The number of nitrogens with one attached hydrogen (secondary N) is 2. The summed E-state index contributed by atoms with van der Waals surface area (Å²) < 4.78 is 0. The minimum atomic E-state index is -0.00334. The Hall–Kier alpha value is -3.21. The number of hydrogen-bond acceptors (Lipinski definition) is 3. The molecule has 0 radical (unpaired) electrons. The standard InChI is InChI=1S/C21H20N4O/c1-3-17-11-19(25-24-17)20(26)9-14-8-16-10-18(23-21(16)22-12-14)15-6-4-13(2)5-7-15/h4-8,10-12H,3,9H2,1-2H3,(H,22,23)(H,24,25). The van der Waals surface area contributed by atoms with E-state index in [4.69, 9.17) is 0 Å². The molecule has 5 heteroatoms. The number of benzene rings is 1. The van der Waals surface area contributed by atoms with Crippen LogP contribution in [0.2, 0.25) is 0 Å². The predicted molar refractivity (Wildman–Crippen MR) is 102 cm³/mol. The Balaban J connectivity index is 1.59. The highest BCUT2D eigenvalue weighted by Gasteiger charge is 2.12. The zero-order chi connectivity index (χ0) is 18.1. The maximum absolute atomic E-state index is 12.4. The SMILES string of the molecule is CCc1cc(C(=O)Cc2cnc3[nH]c(-c4ccc(C)cc4)cc3c2)n[nH]1. The molecule has 0 saturated heterocycles. The second kappa shape index (κ2) is 6.59. The number of hydrogen-bond donors (Lipinski definition) is 2. The number of H-pyrrole nitrogens is 2. The van der Waals surface area contributed by atoms with Crippen LogP contribution in [0.25, 0.3) is 22.3 Å². The summed E-state index contributed by atoms with van der Waals surface area (Å²) in [6.07, 6.45) is 2.88. The first-order valence-electron chi connectivity index (χ1n) is 8.74. The Morgan fingerprint density at radius 2 is 1.92 bits per heavy atom. The number of ketones is 1. The Labute approximate surface area is 151 Å². The van der Waals surface area contributed by atoms with Gasteiger partial charge in [-0.3, -0.25) is 9.89 Å². The molecule has 0 atom stereocenters. The summed E-state index contributed by atoms with van der Waals surface area (Å²) in [7, 11) is 0. The zero-order valence-electron chi connectivity index (χ0n) is 14.8. The number of aromatic nitrogens is 4. The summed E-state index contributed by atoms with van der Waals surface area (Å²) in [5.74, 6) is -0.00334. The lowest BCUT2D eigenvalue weighted by molar-refractivity contribution is 0.0988. The molecule has 26 heavy (non-hydrogen) atoms. The van der Waals surface area contributed by atoms with E-state index in [1.165, 1.54) is 5.56 Å². The molecule has 4 aromatic rings. The van der Waals surface area contributed by atoms with Crippen LogP contribution in [-0.2, 0) is 12.8 Å². The number of Topliss-reactive ketones (excluding diaryl/α,β-unsaturated/α-hetero) is 1. The molecule has 3 heterocycles. The van der Waals surface area contributed by atoms with E-state index in [0.29, 0.717) is 12.1 Å². The summed E-state index contributed by atoms with van der Waals surface area (Å²) in [5.41, 5.74) is 6.54. The second-order valence-corrected chi connectivity index (χ2v) is 6.56. The number of carbonyl (C=O) groups excluding carboxylic acids is 1. The number of rotatable bonds is 5. The first-order chi connectivity index (χ1) is 12.6. The molecule has 5 nitrogen and oxygen atoms in total. The molecule has 0 aliphatic carbocycles. The summed E-state index contributed by atoms with van der Waals surface area (Å²) in [6.45, 7) is 4.10. The van der Waals surface area contributed by atoms with E-state index in [9.17, 15) is 4.79 Å². The van der Waals surface area contributed by atoms with Gasteiger partial charge in [0.15, 0.2) is 5.78 Å². The average Bonchev–Trinajstić information content (AvgIpc) is 3.29. The molecular weight excluding hydrogens is 324 g/mol. The molecular formula is C21H20N4O. The van der Waals surface area contributed by atoms with E-state index >= 15 is 0 Å². The molecule has 1 aromatic carbocycles. The van der Waals surface area contributed by atoms with Gasteiger partial charge in [0.25, 0.3) is 0 Å². The van der Waals surface area contributed by atoms with Gasteiger partial charge in [-0.05, 0) is 42.7 Å². The maximum atomic E-state index is 12.4. The lowest BCUT2D eigenvalue weighted by atomic mass is 10.1. The van der Waals surface area contributed by atoms with Gasteiger partial charge in [0.1, 0.15) is 11.3 Å². The molecule has 0 aliphatic rings. The average molecular weight is 344 g/mol. The van der Waals surface area contributed by atoms with Gasteiger partial charge in [0.05, 0.1) is 0 Å². The second-order valence-electron chi connectivity index (χ2n) is 6.56. The Kier molecular flexibility index (Phi) is 4.13. The number of aryl methyl sites for hydroxylation is 2. The van der Waals surface area contributed by atoms with Gasteiger partial charge >= 0.3 is 0 Å². The molecule has 0 saturated carbocycles. The van der Waals surface area contributed by atoms with Crippen LogP contribution in [-0.4, -0.2) is 25.9 Å². The highest BCUT2D eigenvalue weighted by molar-refractivity contribution is 5.96. The lowest BCUT2D eigenvalue weighted by Gasteiger charge is -1.98. The van der Waals surface area contributed by atoms with Crippen molar-refractivity contribution in [1.29, 1.82) is 0 Å². The van der Waals surface area contributed by atoms with E-state index in [0.717, 1.165) is 40.0 Å². The fourth-order valence-corrected chi connectivity index (χ4v) is 3.01. The lowest BCUT2D eigenvalue weighted by Crippen LogP contribution is -2.04. The molecule has 2 N–H and O–H groups in total. The van der Waals surface area contributed by atoms with Crippen molar-refractivity contribution >= 4 is 16.8 Å². The largest absolute Gasteiger partial charge is 0.339 e. The monoisotopic (exact) mass is 344 g/mol. The summed E-state index contributed by atoms with van der Waals surface area (Å²) in [4.78, 5) is 20.2. The number of nitrogens with zero attached hydrogens (tertiary/aromatic N) is 2. The van der Waals surface area contributed by atoms with Gasteiger partial charge in [-0.2, -0.15) is 5.10 Å². The highest BCUT2D eigenvalue weighted by atomic mass is 16.1. The Morgan fingerprint density at radius 1 is 1.12 bits per heavy atom. The summed E-state index contributed by atoms with van der Waals surface area (Å²) in [5, 5.41) is 7.98. The van der Waals surface area contributed by atoms with Crippen LogP contribution in [0, 0.1) is 6.92 Å². The minimum absolute atomic E-state index is 0.00334. The quantitative estimate of drug-likeness (QED) is 0.532. The third-order valence-electron chi connectivity index (χ3n) is 4.55. The molecule has 4 rings (SSSR count). The number of fused-ring (bicyclic) bond motifs is 1. The molecule has 0 bridgehead atoms. The van der Waals surface area contributed by atoms with Crippen molar-refractivity contribution in [1.82, 2.24) is 20.2 Å². The minimum Gasteiger partial charge on any atom is -0.339 e. The molecule has 0 fully saturated rings. The third kappa shape index (κ3) is 3.16. The summed E-state index contributed by atoms with van der Waals surface area (Å²) >= 11 is 0. The van der Waals surface area contributed by atoms with Gasteiger partial charge < -0.3 is 4.98 Å². The van der Waals surface area contributed by atoms with Crippen molar-refractivity contribution in [3.05, 3.63) is 71.2 Å². The van der Waals surface area contributed by atoms with Crippen LogP contribution in [0.5, 0.6) is 0 Å². The van der Waals surface area contributed by atoms with Crippen LogP contribution in [0.1, 0.15) is 34.2 Å². The molecule has 0 amide bonds. The molecule has 0 unspecified atom stereocenters. The number of aromatic amines is 2.